The molecule has 0 aliphatic heterocycles. The molecule has 0 N–H and O–H groups in total. The van der Waals surface area contributed by atoms with Gasteiger partial charge in [-0.15, -0.1) is 11.8 Å². The molecule has 0 spiro atoms. The van der Waals surface area contributed by atoms with E-state index in [1.807, 2.05) is 12.5 Å². The third kappa shape index (κ3) is 3.81. The normalized spacial score (nSPS) is 11.7. The number of hydrogen-bond donors (Lipinski definition) is 0. The van der Waals surface area contributed by atoms with Gasteiger partial charge in [0.1, 0.15) is 0 Å². The topological polar surface area (TPSA) is 12.9 Å². The van der Waals surface area contributed by atoms with E-state index in [-0.39, 0.29) is 0 Å². The molecule has 0 aliphatic rings. The lowest BCUT2D eigenvalue weighted by Crippen LogP contribution is -2.09. The van der Waals surface area contributed by atoms with Crippen molar-refractivity contribution in [3.63, 3.8) is 0 Å². The van der Waals surface area contributed by atoms with Gasteiger partial charge in [0.2, 0.25) is 0 Å². The molecule has 0 saturated heterocycles. The molecule has 2 heteroatoms. The van der Waals surface area contributed by atoms with Gasteiger partial charge in [-0.05, 0) is 29.7 Å². The fraction of sp³-hybridized carbons (Fsp3) is 0.545. The van der Waals surface area contributed by atoms with E-state index in [2.05, 4.69) is 37.9 Å². The molecule has 1 aromatic heterocycles. The van der Waals surface area contributed by atoms with Crippen molar-refractivity contribution in [2.75, 3.05) is 6.26 Å². The van der Waals surface area contributed by atoms with Gasteiger partial charge in [-0.3, -0.25) is 0 Å². The standard InChI is InChI=1S/C11H17NS/c1-11(2,3)7-9-5-6-10(13-4)12-8-9/h5-6,8H,7H2,1-4H3. The van der Waals surface area contributed by atoms with Crippen molar-refractivity contribution in [3.8, 4) is 0 Å². The molecule has 1 rings (SSSR count). The number of aromatic nitrogens is 1. The molecule has 13 heavy (non-hydrogen) atoms. The summed E-state index contributed by atoms with van der Waals surface area (Å²) in [6.45, 7) is 6.74. The van der Waals surface area contributed by atoms with Gasteiger partial charge in [0.25, 0.3) is 0 Å². The van der Waals surface area contributed by atoms with Crippen molar-refractivity contribution < 1.29 is 0 Å². The summed E-state index contributed by atoms with van der Waals surface area (Å²) in [7, 11) is 0. The van der Waals surface area contributed by atoms with Crippen molar-refractivity contribution >= 4 is 11.8 Å². The highest BCUT2D eigenvalue weighted by molar-refractivity contribution is 7.98. The molecular weight excluding hydrogens is 178 g/mol. The van der Waals surface area contributed by atoms with Crippen LogP contribution in [0.15, 0.2) is 23.4 Å². The van der Waals surface area contributed by atoms with E-state index < -0.39 is 0 Å². The second kappa shape index (κ2) is 4.14. The first kappa shape index (κ1) is 10.6. The number of thioether (sulfide) groups is 1. The van der Waals surface area contributed by atoms with Gasteiger partial charge >= 0.3 is 0 Å². The van der Waals surface area contributed by atoms with Crippen molar-refractivity contribution in [3.05, 3.63) is 23.9 Å². The van der Waals surface area contributed by atoms with Crippen LogP contribution in [0, 0.1) is 5.41 Å². The van der Waals surface area contributed by atoms with E-state index in [1.54, 1.807) is 11.8 Å². The Morgan fingerprint density at radius 3 is 2.38 bits per heavy atom. The summed E-state index contributed by atoms with van der Waals surface area (Å²) in [6.07, 6.45) is 5.12. The van der Waals surface area contributed by atoms with Crippen molar-refractivity contribution in [2.45, 2.75) is 32.2 Å². The lowest BCUT2D eigenvalue weighted by Gasteiger charge is -2.17. The SMILES string of the molecule is CSc1ccc(CC(C)(C)C)cn1. The average Bonchev–Trinajstić information content (AvgIpc) is 2.03. The molecule has 0 bridgehead atoms. The van der Waals surface area contributed by atoms with Crippen LogP contribution in [0.25, 0.3) is 0 Å². The first-order chi connectivity index (χ1) is 6.01. The van der Waals surface area contributed by atoms with Crippen LogP contribution < -0.4 is 0 Å². The number of hydrogen-bond acceptors (Lipinski definition) is 2. The predicted molar refractivity (Wildman–Crippen MR) is 59.2 cm³/mol. The second-order valence-corrected chi connectivity index (χ2v) is 5.27. The predicted octanol–water partition coefficient (Wildman–Crippen LogP) is 3.39. The Kier molecular flexibility index (Phi) is 3.37. The van der Waals surface area contributed by atoms with Crippen molar-refractivity contribution in [1.29, 1.82) is 0 Å². The van der Waals surface area contributed by atoms with Crippen molar-refractivity contribution in [1.82, 2.24) is 4.98 Å². The molecule has 1 aromatic rings. The maximum absolute atomic E-state index is 4.34. The Labute approximate surface area is 85.0 Å². The highest BCUT2D eigenvalue weighted by Gasteiger charge is 2.10. The zero-order chi connectivity index (χ0) is 9.90. The summed E-state index contributed by atoms with van der Waals surface area (Å²) >= 11 is 1.68. The highest BCUT2D eigenvalue weighted by Crippen LogP contribution is 2.21. The lowest BCUT2D eigenvalue weighted by atomic mass is 9.89. The second-order valence-electron chi connectivity index (χ2n) is 4.45. The van der Waals surface area contributed by atoms with E-state index in [0.717, 1.165) is 11.4 Å². The minimum absolute atomic E-state index is 0.350. The average molecular weight is 195 g/mol. The quantitative estimate of drug-likeness (QED) is 0.671. The Morgan fingerprint density at radius 2 is 2.00 bits per heavy atom. The van der Waals surface area contributed by atoms with Gasteiger partial charge < -0.3 is 0 Å². The van der Waals surface area contributed by atoms with Crippen LogP contribution in [-0.2, 0) is 6.42 Å². The fourth-order valence-electron chi connectivity index (χ4n) is 1.25. The van der Waals surface area contributed by atoms with E-state index in [4.69, 9.17) is 0 Å². The molecule has 0 saturated carbocycles. The van der Waals surface area contributed by atoms with Gasteiger partial charge in [0, 0.05) is 6.20 Å². The van der Waals surface area contributed by atoms with E-state index >= 15 is 0 Å². The molecule has 0 aromatic carbocycles. The number of nitrogens with zero attached hydrogens (tertiary/aromatic N) is 1. The van der Waals surface area contributed by atoms with Crippen LogP contribution in [0.5, 0.6) is 0 Å². The third-order valence-corrected chi connectivity index (χ3v) is 2.40. The molecular formula is C11H17NS. The summed E-state index contributed by atoms with van der Waals surface area (Å²) in [5.41, 5.74) is 1.67. The number of pyridine rings is 1. The van der Waals surface area contributed by atoms with Crippen LogP contribution in [0.1, 0.15) is 26.3 Å². The van der Waals surface area contributed by atoms with Gasteiger partial charge in [-0.1, -0.05) is 26.8 Å². The molecule has 0 fully saturated rings. The third-order valence-electron chi connectivity index (χ3n) is 1.74. The highest BCUT2D eigenvalue weighted by atomic mass is 32.2. The lowest BCUT2D eigenvalue weighted by molar-refractivity contribution is 0.410. The number of rotatable bonds is 2. The summed E-state index contributed by atoms with van der Waals surface area (Å²) in [5, 5.41) is 1.10. The molecule has 1 heterocycles. The van der Waals surface area contributed by atoms with E-state index in [1.165, 1.54) is 5.56 Å². The van der Waals surface area contributed by atoms with Crippen LogP contribution in [0.4, 0.5) is 0 Å². The zero-order valence-corrected chi connectivity index (χ0v) is 9.61. The van der Waals surface area contributed by atoms with Crippen LogP contribution in [0.3, 0.4) is 0 Å². The summed E-state index contributed by atoms with van der Waals surface area (Å²) in [5.74, 6) is 0. The van der Waals surface area contributed by atoms with E-state index in [9.17, 15) is 0 Å². The summed E-state index contributed by atoms with van der Waals surface area (Å²) < 4.78 is 0. The van der Waals surface area contributed by atoms with Crippen molar-refractivity contribution in [2.24, 2.45) is 5.41 Å². The van der Waals surface area contributed by atoms with E-state index in [0.29, 0.717) is 5.41 Å². The molecule has 1 nitrogen and oxygen atoms in total. The van der Waals surface area contributed by atoms with Crippen LogP contribution in [0.2, 0.25) is 0 Å². The van der Waals surface area contributed by atoms with Gasteiger partial charge in [0.15, 0.2) is 0 Å². The minimum Gasteiger partial charge on any atom is -0.250 e. The molecule has 0 atom stereocenters. The molecule has 0 amide bonds. The molecule has 0 aliphatic carbocycles. The zero-order valence-electron chi connectivity index (χ0n) is 8.79. The first-order valence-corrected chi connectivity index (χ1v) is 5.73. The Morgan fingerprint density at radius 1 is 1.31 bits per heavy atom. The largest absolute Gasteiger partial charge is 0.250 e. The van der Waals surface area contributed by atoms with Gasteiger partial charge in [0.05, 0.1) is 5.03 Å². The maximum atomic E-state index is 4.34. The van der Waals surface area contributed by atoms with Gasteiger partial charge in [-0.25, -0.2) is 4.98 Å². The Hall–Kier alpha value is -0.500. The minimum atomic E-state index is 0.350. The molecule has 0 radical (unpaired) electrons. The maximum Gasteiger partial charge on any atom is 0.0957 e. The van der Waals surface area contributed by atoms with Gasteiger partial charge in [-0.2, -0.15) is 0 Å². The Bertz CT molecular complexity index is 258. The summed E-state index contributed by atoms with van der Waals surface area (Å²) in [4.78, 5) is 4.34. The molecule has 72 valence electrons. The van der Waals surface area contributed by atoms with Crippen LogP contribution >= 0.6 is 11.8 Å². The summed E-state index contributed by atoms with van der Waals surface area (Å²) in [6, 6.07) is 4.26. The van der Waals surface area contributed by atoms with Crippen LogP contribution in [-0.4, -0.2) is 11.2 Å². The monoisotopic (exact) mass is 195 g/mol. The Balaban J connectivity index is 2.70. The molecule has 0 unspecified atom stereocenters. The smallest absolute Gasteiger partial charge is 0.0957 e. The fourth-order valence-corrected chi connectivity index (χ4v) is 1.61. The first-order valence-electron chi connectivity index (χ1n) is 4.50.